The van der Waals surface area contributed by atoms with Crippen LogP contribution in [0, 0.1) is 4.77 Å². The van der Waals surface area contributed by atoms with Crippen molar-refractivity contribution in [2.45, 2.75) is 0 Å². The van der Waals surface area contributed by atoms with Crippen molar-refractivity contribution < 1.29 is 9.90 Å². The van der Waals surface area contributed by atoms with Crippen LogP contribution >= 0.6 is 12.2 Å². The molecule has 0 aliphatic carbocycles. The molecule has 2 heterocycles. The summed E-state index contributed by atoms with van der Waals surface area (Å²) in [6.45, 7) is 0. The van der Waals surface area contributed by atoms with Crippen LogP contribution < -0.4 is 5.73 Å². The number of carbonyl (C=O) groups excluding carboxylic acids is 1. The van der Waals surface area contributed by atoms with E-state index in [9.17, 15) is 9.90 Å². The number of hydrogen-bond acceptors (Lipinski definition) is 6. The second-order valence-corrected chi connectivity index (χ2v) is 4.78. The fourth-order valence-corrected chi connectivity index (χ4v) is 2.19. The minimum absolute atomic E-state index is 0.0823. The predicted molar refractivity (Wildman–Crippen MR) is 80.7 cm³/mol. The molecule has 0 amide bonds. The van der Waals surface area contributed by atoms with Gasteiger partial charge in [0.15, 0.2) is 16.2 Å². The lowest BCUT2D eigenvalue weighted by Crippen LogP contribution is -2.04. The molecule has 0 unspecified atom stereocenters. The number of aromatic nitrogens is 3. The summed E-state index contributed by atoms with van der Waals surface area (Å²) in [5.74, 6) is -0.130. The third kappa shape index (κ3) is 2.34. The second-order valence-electron chi connectivity index (χ2n) is 4.40. The SMILES string of the molecule is Nc1[nH]c(=S)nc2ncc(C(=O)c3ccccc3O)cc12. The van der Waals surface area contributed by atoms with Crippen molar-refractivity contribution in [3.8, 4) is 5.75 Å². The van der Waals surface area contributed by atoms with Gasteiger partial charge in [-0.2, -0.15) is 4.98 Å². The zero-order valence-corrected chi connectivity index (χ0v) is 11.5. The molecular weight excluding hydrogens is 288 g/mol. The number of rotatable bonds is 2. The molecule has 0 radical (unpaired) electrons. The average Bonchev–Trinajstić information content (AvgIpc) is 2.46. The Hall–Kier alpha value is -2.80. The summed E-state index contributed by atoms with van der Waals surface area (Å²) in [7, 11) is 0. The van der Waals surface area contributed by atoms with E-state index in [1.807, 2.05) is 0 Å². The number of hydrogen-bond donors (Lipinski definition) is 3. The first-order chi connectivity index (χ1) is 10.1. The molecule has 3 rings (SSSR count). The highest BCUT2D eigenvalue weighted by atomic mass is 32.1. The van der Waals surface area contributed by atoms with Crippen LogP contribution in [0.2, 0.25) is 0 Å². The van der Waals surface area contributed by atoms with Crippen molar-refractivity contribution in [3.05, 3.63) is 52.4 Å². The van der Waals surface area contributed by atoms with Crippen LogP contribution in [-0.2, 0) is 0 Å². The number of phenolic OH excluding ortho intramolecular Hbond substituents is 1. The maximum Gasteiger partial charge on any atom is 0.200 e. The molecule has 0 saturated carbocycles. The van der Waals surface area contributed by atoms with Crippen LogP contribution in [-0.4, -0.2) is 25.8 Å². The van der Waals surface area contributed by atoms with Crippen LogP contribution in [0.5, 0.6) is 5.75 Å². The lowest BCUT2D eigenvalue weighted by atomic mass is 10.0. The van der Waals surface area contributed by atoms with E-state index >= 15 is 0 Å². The van der Waals surface area contributed by atoms with Gasteiger partial charge in [-0.05, 0) is 30.4 Å². The monoisotopic (exact) mass is 298 g/mol. The van der Waals surface area contributed by atoms with E-state index in [1.165, 1.54) is 12.3 Å². The van der Waals surface area contributed by atoms with Crippen molar-refractivity contribution in [3.63, 3.8) is 0 Å². The average molecular weight is 298 g/mol. The number of phenols is 1. The van der Waals surface area contributed by atoms with Crippen LogP contribution in [0.15, 0.2) is 36.5 Å². The molecule has 1 aromatic carbocycles. The molecule has 0 aliphatic heterocycles. The molecule has 0 aliphatic rings. The van der Waals surface area contributed by atoms with E-state index in [0.29, 0.717) is 22.4 Å². The van der Waals surface area contributed by atoms with Crippen LogP contribution in [0.4, 0.5) is 5.82 Å². The summed E-state index contributed by atoms with van der Waals surface area (Å²) in [4.78, 5) is 23.2. The number of aromatic hydroxyl groups is 1. The first-order valence-corrected chi connectivity index (χ1v) is 6.45. The first kappa shape index (κ1) is 13.2. The maximum atomic E-state index is 12.4. The van der Waals surface area contributed by atoms with Crippen LogP contribution in [0.3, 0.4) is 0 Å². The van der Waals surface area contributed by atoms with Crippen molar-refractivity contribution in [1.82, 2.24) is 15.0 Å². The van der Waals surface area contributed by atoms with E-state index < -0.39 is 0 Å². The Labute approximate surface area is 124 Å². The van der Waals surface area contributed by atoms with Gasteiger partial charge in [0, 0.05) is 11.8 Å². The molecule has 0 atom stereocenters. The lowest BCUT2D eigenvalue weighted by Gasteiger charge is -2.05. The van der Waals surface area contributed by atoms with Gasteiger partial charge in [-0.1, -0.05) is 12.1 Å². The standard InChI is InChI=1S/C14H10N4O2S/c15-12-9-5-7(6-16-13(9)18-14(21)17-12)11(20)8-3-1-2-4-10(8)19/h1-6,19H,(H3,15,16,17,18,21). The van der Waals surface area contributed by atoms with Crippen LogP contribution in [0.25, 0.3) is 11.0 Å². The second kappa shape index (κ2) is 4.95. The number of nitrogens with zero attached hydrogens (tertiary/aromatic N) is 2. The van der Waals surface area contributed by atoms with E-state index in [4.69, 9.17) is 18.0 Å². The topological polar surface area (TPSA) is 105 Å². The molecule has 104 valence electrons. The molecule has 21 heavy (non-hydrogen) atoms. The molecule has 3 aromatic rings. The summed E-state index contributed by atoms with van der Waals surface area (Å²) in [6, 6.07) is 7.89. The normalized spacial score (nSPS) is 10.7. The molecule has 2 aromatic heterocycles. The Morgan fingerprint density at radius 3 is 2.86 bits per heavy atom. The van der Waals surface area contributed by atoms with Gasteiger partial charge in [0.05, 0.1) is 10.9 Å². The molecule has 7 heteroatoms. The first-order valence-electron chi connectivity index (χ1n) is 6.04. The number of benzene rings is 1. The van der Waals surface area contributed by atoms with Crippen molar-refractivity contribution in [2.24, 2.45) is 0 Å². The van der Waals surface area contributed by atoms with Crippen molar-refractivity contribution in [2.75, 3.05) is 5.73 Å². The number of H-pyrrole nitrogens is 1. The highest BCUT2D eigenvalue weighted by Gasteiger charge is 2.15. The number of para-hydroxylation sites is 1. The fourth-order valence-electron chi connectivity index (χ4n) is 2.00. The third-order valence-electron chi connectivity index (χ3n) is 3.02. The number of nitrogens with two attached hydrogens (primary N) is 1. The summed E-state index contributed by atoms with van der Waals surface area (Å²) in [6.07, 6.45) is 1.39. The van der Waals surface area contributed by atoms with Gasteiger partial charge in [0.1, 0.15) is 11.6 Å². The van der Waals surface area contributed by atoms with Gasteiger partial charge >= 0.3 is 0 Å². The number of pyridine rings is 1. The van der Waals surface area contributed by atoms with Gasteiger partial charge in [-0.3, -0.25) is 4.79 Å². The molecule has 0 saturated heterocycles. The third-order valence-corrected chi connectivity index (χ3v) is 3.21. The number of nitrogens with one attached hydrogen (secondary N) is 1. The molecule has 0 fully saturated rings. The Morgan fingerprint density at radius 1 is 1.33 bits per heavy atom. The van der Waals surface area contributed by atoms with Crippen molar-refractivity contribution in [1.29, 1.82) is 0 Å². The summed E-state index contributed by atoms with van der Waals surface area (Å²) < 4.78 is 0.229. The molecule has 0 bridgehead atoms. The smallest absolute Gasteiger partial charge is 0.200 e. The number of aromatic amines is 1. The number of anilines is 1. The summed E-state index contributed by atoms with van der Waals surface area (Å²) >= 11 is 4.92. The summed E-state index contributed by atoms with van der Waals surface area (Å²) in [5.41, 5.74) is 6.71. The van der Waals surface area contributed by atoms with Gasteiger partial charge in [-0.15, -0.1) is 0 Å². The van der Waals surface area contributed by atoms with Crippen molar-refractivity contribution >= 4 is 34.9 Å². The molecule has 6 nitrogen and oxygen atoms in total. The largest absolute Gasteiger partial charge is 0.507 e. The van der Waals surface area contributed by atoms with Crippen LogP contribution in [0.1, 0.15) is 15.9 Å². The molecular formula is C14H10N4O2S. The van der Waals surface area contributed by atoms with E-state index in [2.05, 4.69) is 15.0 Å². The molecule has 4 N–H and O–H groups in total. The number of fused-ring (bicyclic) bond motifs is 1. The highest BCUT2D eigenvalue weighted by Crippen LogP contribution is 2.22. The highest BCUT2D eigenvalue weighted by molar-refractivity contribution is 7.71. The van der Waals surface area contributed by atoms with E-state index in [0.717, 1.165) is 0 Å². The van der Waals surface area contributed by atoms with E-state index in [-0.39, 0.29) is 21.9 Å². The lowest BCUT2D eigenvalue weighted by molar-refractivity contribution is 0.103. The quantitative estimate of drug-likeness (QED) is 0.495. The zero-order chi connectivity index (χ0) is 15.0. The maximum absolute atomic E-state index is 12.4. The Kier molecular flexibility index (Phi) is 3.11. The zero-order valence-electron chi connectivity index (χ0n) is 10.7. The van der Waals surface area contributed by atoms with Gasteiger partial charge in [0.2, 0.25) is 0 Å². The van der Waals surface area contributed by atoms with E-state index in [1.54, 1.807) is 24.3 Å². The number of nitrogen functional groups attached to an aromatic ring is 1. The Balaban J connectivity index is 2.16. The number of carbonyl (C=O) groups is 1. The predicted octanol–water partition coefficient (Wildman–Crippen LogP) is 2.21. The molecule has 0 spiro atoms. The Morgan fingerprint density at radius 2 is 2.10 bits per heavy atom. The van der Waals surface area contributed by atoms with Gasteiger partial charge in [0.25, 0.3) is 0 Å². The Bertz CT molecular complexity index is 920. The summed E-state index contributed by atoms with van der Waals surface area (Å²) in [5, 5.41) is 10.3. The van der Waals surface area contributed by atoms with Gasteiger partial charge in [-0.25, -0.2) is 4.98 Å². The minimum atomic E-state index is -0.343. The fraction of sp³-hybridized carbons (Fsp3) is 0. The minimum Gasteiger partial charge on any atom is -0.507 e. The number of ketones is 1. The van der Waals surface area contributed by atoms with Gasteiger partial charge < -0.3 is 15.8 Å².